The number of carbonyl (C=O) groups excluding carboxylic acids is 2. The number of hydrogen-bond acceptors (Lipinski definition) is 4. The first-order valence-corrected chi connectivity index (χ1v) is 8.10. The monoisotopic (exact) mass is 308 g/mol. The Hall–Kier alpha value is -1.29. The van der Waals surface area contributed by atoms with Gasteiger partial charge in [0.25, 0.3) is 0 Å². The maximum absolute atomic E-state index is 11.8. The summed E-state index contributed by atoms with van der Waals surface area (Å²) in [6, 6.07) is 9.61. The van der Waals surface area contributed by atoms with Crippen LogP contribution in [0.25, 0.3) is 0 Å². The molecule has 0 spiro atoms. The number of esters is 1. The van der Waals surface area contributed by atoms with Crippen LogP contribution in [-0.2, 0) is 14.3 Å². The second-order valence-corrected chi connectivity index (χ2v) is 7.35. The van der Waals surface area contributed by atoms with Crippen molar-refractivity contribution in [1.82, 2.24) is 0 Å². The number of hydrogen-bond donors (Lipinski definition) is 0. The molecular weight excluding hydrogens is 284 g/mol. The maximum Gasteiger partial charge on any atom is 0.305 e. The van der Waals surface area contributed by atoms with Gasteiger partial charge >= 0.3 is 5.97 Å². The molecule has 0 bridgehead atoms. The molecule has 0 heterocycles. The Bertz CT molecular complexity index is 449. The van der Waals surface area contributed by atoms with Crippen LogP contribution in [0.5, 0.6) is 0 Å². The van der Waals surface area contributed by atoms with Crippen molar-refractivity contribution in [2.24, 2.45) is 5.41 Å². The van der Waals surface area contributed by atoms with Gasteiger partial charge in [-0.1, -0.05) is 50.7 Å². The SMILES string of the molecule is CC(C)(C)COC(=O)CCCCC(=O)Sc1ccccc1. The molecule has 116 valence electrons. The fourth-order valence-corrected chi connectivity index (χ4v) is 2.38. The highest BCUT2D eigenvalue weighted by Gasteiger charge is 2.13. The van der Waals surface area contributed by atoms with Gasteiger partial charge in [0.2, 0.25) is 0 Å². The Morgan fingerprint density at radius 1 is 1.05 bits per heavy atom. The Labute approximate surface area is 131 Å². The number of benzene rings is 1. The van der Waals surface area contributed by atoms with E-state index in [4.69, 9.17) is 4.74 Å². The van der Waals surface area contributed by atoms with Crippen LogP contribution in [-0.4, -0.2) is 17.7 Å². The van der Waals surface area contributed by atoms with Gasteiger partial charge in [-0.15, -0.1) is 0 Å². The van der Waals surface area contributed by atoms with E-state index < -0.39 is 0 Å². The molecule has 4 heteroatoms. The van der Waals surface area contributed by atoms with Crippen LogP contribution >= 0.6 is 11.8 Å². The number of thioether (sulfide) groups is 1. The Morgan fingerprint density at radius 3 is 2.29 bits per heavy atom. The van der Waals surface area contributed by atoms with E-state index >= 15 is 0 Å². The molecule has 3 nitrogen and oxygen atoms in total. The molecule has 0 amide bonds. The highest BCUT2D eigenvalue weighted by molar-refractivity contribution is 8.13. The number of rotatable bonds is 7. The Balaban J connectivity index is 2.11. The first-order chi connectivity index (χ1) is 9.87. The summed E-state index contributed by atoms with van der Waals surface area (Å²) in [5.74, 6) is -0.173. The van der Waals surface area contributed by atoms with Crippen molar-refractivity contribution in [3.8, 4) is 0 Å². The molecule has 0 aliphatic carbocycles. The average Bonchev–Trinajstić information content (AvgIpc) is 2.42. The third kappa shape index (κ3) is 9.29. The number of ether oxygens (including phenoxy) is 1. The zero-order valence-electron chi connectivity index (χ0n) is 13.1. The lowest BCUT2D eigenvalue weighted by Crippen LogP contribution is -2.18. The summed E-state index contributed by atoms with van der Waals surface area (Å²) < 4.78 is 5.18. The fraction of sp³-hybridized carbons (Fsp3) is 0.529. The van der Waals surface area contributed by atoms with Gasteiger partial charge in [-0.05, 0) is 30.4 Å². The first-order valence-electron chi connectivity index (χ1n) is 7.28. The van der Waals surface area contributed by atoms with Crippen LogP contribution in [0.1, 0.15) is 46.5 Å². The summed E-state index contributed by atoms with van der Waals surface area (Å²) in [4.78, 5) is 24.2. The number of unbranched alkanes of at least 4 members (excludes halogenated alkanes) is 1. The minimum absolute atomic E-state index is 0.00203. The second kappa shape index (κ2) is 8.88. The molecule has 0 aliphatic rings. The van der Waals surface area contributed by atoms with Gasteiger partial charge in [-0.3, -0.25) is 9.59 Å². The van der Waals surface area contributed by atoms with Crippen molar-refractivity contribution in [3.63, 3.8) is 0 Å². The molecule has 0 aromatic heterocycles. The molecule has 0 saturated heterocycles. The van der Waals surface area contributed by atoms with E-state index in [0.29, 0.717) is 25.9 Å². The number of carbonyl (C=O) groups is 2. The minimum Gasteiger partial charge on any atom is -0.465 e. The van der Waals surface area contributed by atoms with E-state index in [-0.39, 0.29) is 16.5 Å². The summed E-state index contributed by atoms with van der Waals surface area (Å²) in [5.41, 5.74) is -0.00203. The Kier molecular flexibility index (Phi) is 7.51. The van der Waals surface area contributed by atoms with Gasteiger partial charge in [-0.2, -0.15) is 0 Å². The van der Waals surface area contributed by atoms with Gasteiger partial charge in [-0.25, -0.2) is 0 Å². The molecule has 0 radical (unpaired) electrons. The largest absolute Gasteiger partial charge is 0.465 e. The van der Waals surface area contributed by atoms with Gasteiger partial charge in [0.05, 0.1) is 6.61 Å². The third-order valence-electron chi connectivity index (χ3n) is 2.65. The first kappa shape index (κ1) is 17.8. The van der Waals surface area contributed by atoms with E-state index in [9.17, 15) is 9.59 Å². The zero-order valence-corrected chi connectivity index (χ0v) is 13.9. The quantitative estimate of drug-likeness (QED) is 0.424. The van der Waals surface area contributed by atoms with Gasteiger partial charge in [0.1, 0.15) is 0 Å². The van der Waals surface area contributed by atoms with E-state index in [2.05, 4.69) is 0 Å². The van der Waals surface area contributed by atoms with Crippen molar-refractivity contribution in [1.29, 1.82) is 0 Å². The standard InChI is InChI=1S/C17H24O3S/c1-17(2,3)13-20-15(18)11-7-8-12-16(19)21-14-9-5-4-6-10-14/h4-6,9-10H,7-8,11-13H2,1-3H3. The maximum atomic E-state index is 11.8. The molecule has 0 aliphatic heterocycles. The lowest BCUT2D eigenvalue weighted by atomic mass is 9.99. The van der Waals surface area contributed by atoms with E-state index in [0.717, 1.165) is 11.3 Å². The minimum atomic E-state index is -0.173. The summed E-state index contributed by atoms with van der Waals surface area (Å²) in [5, 5.41) is 0.143. The smallest absolute Gasteiger partial charge is 0.305 e. The topological polar surface area (TPSA) is 43.4 Å². The van der Waals surface area contributed by atoms with Crippen molar-refractivity contribution in [3.05, 3.63) is 30.3 Å². The lowest BCUT2D eigenvalue weighted by Gasteiger charge is -2.17. The van der Waals surface area contributed by atoms with E-state index in [1.54, 1.807) is 0 Å². The van der Waals surface area contributed by atoms with Gasteiger partial charge < -0.3 is 4.74 Å². The third-order valence-corrected chi connectivity index (χ3v) is 3.59. The highest BCUT2D eigenvalue weighted by atomic mass is 32.2. The average molecular weight is 308 g/mol. The highest BCUT2D eigenvalue weighted by Crippen LogP contribution is 2.21. The molecule has 0 atom stereocenters. The molecule has 1 aromatic rings. The van der Waals surface area contributed by atoms with E-state index in [1.807, 2.05) is 51.1 Å². The predicted octanol–water partition coefficient (Wildman–Crippen LogP) is 4.46. The Morgan fingerprint density at radius 2 is 1.67 bits per heavy atom. The molecule has 0 fully saturated rings. The van der Waals surface area contributed by atoms with Crippen LogP contribution in [0.2, 0.25) is 0 Å². The van der Waals surface area contributed by atoms with Gasteiger partial charge in [0, 0.05) is 17.7 Å². The summed E-state index contributed by atoms with van der Waals surface area (Å²) in [6.07, 6.45) is 2.30. The van der Waals surface area contributed by atoms with E-state index in [1.165, 1.54) is 11.8 Å². The van der Waals surface area contributed by atoms with Crippen LogP contribution in [0.15, 0.2) is 35.2 Å². The summed E-state index contributed by atoms with van der Waals surface area (Å²) >= 11 is 1.26. The van der Waals surface area contributed by atoms with Crippen molar-refractivity contribution < 1.29 is 14.3 Å². The molecular formula is C17H24O3S. The molecule has 0 unspecified atom stereocenters. The molecule has 1 aromatic carbocycles. The lowest BCUT2D eigenvalue weighted by molar-refractivity contribution is -0.146. The zero-order chi connectivity index (χ0) is 15.7. The second-order valence-electron chi connectivity index (χ2n) is 6.22. The van der Waals surface area contributed by atoms with Crippen LogP contribution < -0.4 is 0 Å². The predicted molar refractivity (Wildman–Crippen MR) is 86.2 cm³/mol. The van der Waals surface area contributed by atoms with Gasteiger partial charge in [0.15, 0.2) is 5.12 Å². The molecule has 0 N–H and O–H groups in total. The normalized spacial score (nSPS) is 11.2. The van der Waals surface area contributed by atoms with Crippen molar-refractivity contribution in [2.45, 2.75) is 51.3 Å². The van der Waals surface area contributed by atoms with Crippen LogP contribution in [0.4, 0.5) is 0 Å². The van der Waals surface area contributed by atoms with Crippen LogP contribution in [0, 0.1) is 5.41 Å². The van der Waals surface area contributed by atoms with Crippen molar-refractivity contribution >= 4 is 22.8 Å². The van der Waals surface area contributed by atoms with Crippen LogP contribution in [0.3, 0.4) is 0 Å². The van der Waals surface area contributed by atoms with Crippen molar-refractivity contribution in [2.75, 3.05) is 6.61 Å². The molecule has 1 rings (SSSR count). The summed E-state index contributed by atoms with van der Waals surface area (Å²) in [7, 11) is 0. The fourth-order valence-electron chi connectivity index (χ4n) is 1.58. The molecule has 0 saturated carbocycles. The molecule has 21 heavy (non-hydrogen) atoms. The summed E-state index contributed by atoms with van der Waals surface area (Å²) in [6.45, 7) is 6.52.